The van der Waals surface area contributed by atoms with Crippen molar-refractivity contribution in [2.24, 2.45) is 5.41 Å². The average molecular weight is 365 g/mol. The van der Waals surface area contributed by atoms with E-state index in [0.717, 1.165) is 0 Å². The summed E-state index contributed by atoms with van der Waals surface area (Å²) < 4.78 is 5.28. The number of hydrogen-bond donors (Lipinski definition) is 2. The van der Waals surface area contributed by atoms with Crippen LogP contribution in [0.1, 0.15) is 30.6 Å². The third-order valence-corrected chi connectivity index (χ3v) is 4.40. The number of ether oxygens (including phenoxy) is 1. The summed E-state index contributed by atoms with van der Waals surface area (Å²) >= 11 is 0. The minimum Gasteiger partial charge on any atom is -0.481 e. The van der Waals surface area contributed by atoms with E-state index < -0.39 is 22.2 Å². The molecular formula is C17H23N3O6. The topological polar surface area (TPSA) is 122 Å². The second-order valence-electron chi connectivity index (χ2n) is 6.72. The number of nitro groups is 1. The molecule has 0 saturated carbocycles. The van der Waals surface area contributed by atoms with Crippen molar-refractivity contribution in [3.8, 4) is 0 Å². The molecule has 0 aromatic heterocycles. The zero-order chi connectivity index (χ0) is 19.3. The van der Waals surface area contributed by atoms with Crippen LogP contribution >= 0.6 is 0 Å². The fourth-order valence-corrected chi connectivity index (χ4v) is 2.67. The summed E-state index contributed by atoms with van der Waals surface area (Å²) in [5, 5.41) is 23.2. The van der Waals surface area contributed by atoms with E-state index in [9.17, 15) is 19.7 Å². The molecule has 0 spiro atoms. The van der Waals surface area contributed by atoms with Gasteiger partial charge in [0.2, 0.25) is 0 Å². The Balaban J connectivity index is 2.22. The molecule has 0 aliphatic carbocycles. The van der Waals surface area contributed by atoms with E-state index in [-0.39, 0.29) is 29.9 Å². The summed E-state index contributed by atoms with van der Waals surface area (Å²) in [5.41, 5.74) is -0.626. The third kappa shape index (κ3) is 4.48. The average Bonchev–Trinajstić information content (AvgIpc) is 2.61. The Morgan fingerprint density at radius 3 is 2.58 bits per heavy atom. The second kappa shape index (κ2) is 8.13. The van der Waals surface area contributed by atoms with Crippen molar-refractivity contribution < 1.29 is 24.4 Å². The number of rotatable bonds is 7. The van der Waals surface area contributed by atoms with Gasteiger partial charge in [0.25, 0.3) is 11.6 Å². The highest BCUT2D eigenvalue weighted by Crippen LogP contribution is 2.32. The van der Waals surface area contributed by atoms with Crippen LogP contribution in [0.2, 0.25) is 0 Å². The van der Waals surface area contributed by atoms with Gasteiger partial charge in [0, 0.05) is 25.7 Å². The first-order valence-electron chi connectivity index (χ1n) is 8.36. The lowest BCUT2D eigenvalue weighted by atomic mass is 9.89. The van der Waals surface area contributed by atoms with Gasteiger partial charge in [-0.1, -0.05) is 6.07 Å². The van der Waals surface area contributed by atoms with Crippen LogP contribution < -0.4 is 10.2 Å². The zero-order valence-corrected chi connectivity index (χ0v) is 14.9. The van der Waals surface area contributed by atoms with Crippen molar-refractivity contribution in [1.82, 2.24) is 5.32 Å². The number of hydrogen-bond acceptors (Lipinski definition) is 6. The lowest BCUT2D eigenvalue weighted by molar-refractivity contribution is -0.384. The van der Waals surface area contributed by atoms with E-state index in [2.05, 4.69) is 5.32 Å². The van der Waals surface area contributed by atoms with Gasteiger partial charge in [-0.2, -0.15) is 0 Å². The normalized spacial score (nSPS) is 14.8. The van der Waals surface area contributed by atoms with Crippen LogP contribution in [0.15, 0.2) is 18.2 Å². The summed E-state index contributed by atoms with van der Waals surface area (Å²) in [4.78, 5) is 36.4. The van der Waals surface area contributed by atoms with Crippen molar-refractivity contribution in [2.75, 3.05) is 37.7 Å². The summed E-state index contributed by atoms with van der Waals surface area (Å²) in [6.45, 7) is 5.08. The van der Waals surface area contributed by atoms with Gasteiger partial charge in [-0.25, -0.2) is 0 Å². The lowest BCUT2D eigenvalue weighted by Crippen LogP contribution is -2.38. The predicted molar refractivity (Wildman–Crippen MR) is 94.5 cm³/mol. The first-order valence-corrected chi connectivity index (χ1v) is 8.36. The molecule has 0 radical (unpaired) electrons. The summed E-state index contributed by atoms with van der Waals surface area (Å²) in [5.74, 6) is -1.41. The van der Waals surface area contributed by atoms with Gasteiger partial charge < -0.3 is 20.1 Å². The van der Waals surface area contributed by atoms with Gasteiger partial charge in [-0.05, 0) is 26.3 Å². The third-order valence-electron chi connectivity index (χ3n) is 4.40. The van der Waals surface area contributed by atoms with E-state index in [1.165, 1.54) is 18.2 Å². The number of anilines is 1. The highest BCUT2D eigenvalue weighted by atomic mass is 16.6. The van der Waals surface area contributed by atoms with Gasteiger partial charge in [-0.15, -0.1) is 0 Å². The molecule has 1 aromatic carbocycles. The van der Waals surface area contributed by atoms with E-state index in [1.54, 1.807) is 18.7 Å². The molecule has 0 atom stereocenters. The Morgan fingerprint density at radius 2 is 2.00 bits per heavy atom. The number of nitrogens with one attached hydrogen (secondary N) is 1. The summed E-state index contributed by atoms with van der Waals surface area (Å²) in [7, 11) is 0. The van der Waals surface area contributed by atoms with Crippen LogP contribution in [0.4, 0.5) is 11.4 Å². The van der Waals surface area contributed by atoms with Gasteiger partial charge in [0.1, 0.15) is 5.69 Å². The van der Waals surface area contributed by atoms with Crippen molar-refractivity contribution in [2.45, 2.75) is 20.3 Å². The molecule has 26 heavy (non-hydrogen) atoms. The molecule has 1 aromatic rings. The molecule has 9 nitrogen and oxygen atoms in total. The SMILES string of the molecule is CC(C)(CCNC(=O)c1cccc([N+](=O)[O-])c1N1CCOCC1)C(=O)O. The van der Waals surface area contributed by atoms with Crippen molar-refractivity contribution in [3.63, 3.8) is 0 Å². The van der Waals surface area contributed by atoms with Crippen LogP contribution in [0.5, 0.6) is 0 Å². The minimum absolute atomic E-state index is 0.134. The molecule has 0 bridgehead atoms. The van der Waals surface area contributed by atoms with Gasteiger partial charge in [-0.3, -0.25) is 19.7 Å². The monoisotopic (exact) mass is 365 g/mol. The maximum Gasteiger partial charge on any atom is 0.309 e. The van der Waals surface area contributed by atoms with E-state index in [4.69, 9.17) is 9.84 Å². The fourth-order valence-electron chi connectivity index (χ4n) is 2.67. The number of nitrogens with zero attached hydrogens (tertiary/aromatic N) is 2. The molecule has 2 rings (SSSR count). The number of amides is 1. The molecule has 1 saturated heterocycles. The predicted octanol–water partition coefficient (Wildman–Crippen LogP) is 1.66. The Bertz CT molecular complexity index is 698. The van der Waals surface area contributed by atoms with E-state index in [1.807, 2.05) is 0 Å². The Kier molecular flexibility index (Phi) is 6.14. The molecule has 1 aliphatic heterocycles. The Hall–Kier alpha value is -2.68. The molecule has 1 fully saturated rings. The summed E-state index contributed by atoms with van der Waals surface area (Å²) in [6.07, 6.45) is 0.246. The standard InChI is InChI=1S/C17H23N3O6/c1-17(2,16(22)23)6-7-18-15(21)12-4-3-5-13(20(24)25)14(12)19-8-10-26-11-9-19/h3-5H,6-11H2,1-2H3,(H,18,21)(H,22,23). The van der Waals surface area contributed by atoms with Crippen LogP contribution in [0.25, 0.3) is 0 Å². The minimum atomic E-state index is -0.969. The number of para-hydroxylation sites is 1. The molecule has 142 valence electrons. The lowest BCUT2D eigenvalue weighted by Gasteiger charge is -2.30. The highest BCUT2D eigenvalue weighted by Gasteiger charge is 2.29. The number of carboxylic acids is 1. The number of nitro benzene ring substituents is 1. The number of carboxylic acid groups (broad SMARTS) is 1. The highest BCUT2D eigenvalue weighted by molar-refractivity contribution is 6.02. The number of carbonyl (C=O) groups is 2. The number of benzene rings is 1. The van der Waals surface area contributed by atoms with Gasteiger partial charge in [0.15, 0.2) is 0 Å². The van der Waals surface area contributed by atoms with Crippen LogP contribution in [-0.2, 0) is 9.53 Å². The largest absolute Gasteiger partial charge is 0.481 e. The van der Waals surface area contributed by atoms with Crippen molar-refractivity contribution in [3.05, 3.63) is 33.9 Å². The van der Waals surface area contributed by atoms with Crippen molar-refractivity contribution >= 4 is 23.3 Å². The molecular weight excluding hydrogens is 342 g/mol. The van der Waals surface area contributed by atoms with Gasteiger partial charge in [0.05, 0.1) is 29.1 Å². The maximum absolute atomic E-state index is 12.6. The smallest absolute Gasteiger partial charge is 0.309 e. The molecule has 2 N–H and O–H groups in total. The molecule has 1 amide bonds. The summed E-state index contributed by atoms with van der Waals surface area (Å²) in [6, 6.07) is 4.38. The molecule has 1 aliphatic rings. The fraction of sp³-hybridized carbons (Fsp3) is 0.529. The zero-order valence-electron chi connectivity index (χ0n) is 14.9. The van der Waals surface area contributed by atoms with Crippen molar-refractivity contribution in [1.29, 1.82) is 0 Å². The van der Waals surface area contributed by atoms with Crippen LogP contribution in [-0.4, -0.2) is 54.8 Å². The van der Waals surface area contributed by atoms with E-state index >= 15 is 0 Å². The number of aliphatic carboxylic acids is 1. The molecule has 0 unspecified atom stereocenters. The maximum atomic E-state index is 12.6. The van der Waals surface area contributed by atoms with Crippen LogP contribution in [0, 0.1) is 15.5 Å². The molecule has 1 heterocycles. The first kappa shape index (κ1) is 19.6. The quantitative estimate of drug-likeness (QED) is 0.556. The molecule has 9 heteroatoms. The van der Waals surface area contributed by atoms with E-state index in [0.29, 0.717) is 26.3 Å². The number of carbonyl (C=O) groups excluding carboxylic acids is 1. The first-order chi connectivity index (χ1) is 12.2. The second-order valence-corrected chi connectivity index (χ2v) is 6.72. The van der Waals surface area contributed by atoms with Gasteiger partial charge >= 0.3 is 5.97 Å². The Labute approximate surface area is 151 Å². The number of morpholine rings is 1. The Morgan fingerprint density at radius 1 is 1.35 bits per heavy atom. The van der Waals surface area contributed by atoms with Crippen LogP contribution in [0.3, 0.4) is 0 Å².